The molecule has 10 heavy (non-hydrogen) atoms. The van der Waals surface area contributed by atoms with E-state index in [0.29, 0.717) is 0 Å². The zero-order valence-electron chi connectivity index (χ0n) is 6.02. The third-order valence-corrected chi connectivity index (χ3v) is 2.09. The molecule has 1 N–H and O–H groups in total. The van der Waals surface area contributed by atoms with Gasteiger partial charge in [0, 0.05) is 11.1 Å². The van der Waals surface area contributed by atoms with Crippen LogP contribution >= 0.6 is 11.3 Å². The molecule has 0 saturated heterocycles. The molecule has 0 bridgehead atoms. The Morgan fingerprint density at radius 1 is 1.70 bits per heavy atom. The summed E-state index contributed by atoms with van der Waals surface area (Å²) in [5, 5.41) is 1.90. The summed E-state index contributed by atoms with van der Waals surface area (Å²) in [5.74, 6) is 0. The molecule has 0 aliphatic rings. The highest BCUT2D eigenvalue weighted by Crippen LogP contribution is 2.01. The number of H-pyrrole nitrogens is 1. The minimum absolute atomic E-state index is 0.0612. The van der Waals surface area contributed by atoms with Crippen LogP contribution in [0.2, 0.25) is 0 Å². The van der Waals surface area contributed by atoms with Gasteiger partial charge in [-0.3, -0.25) is 4.79 Å². The average molecular weight is 157 g/mol. The second-order valence-corrected chi connectivity index (χ2v) is 3.12. The lowest BCUT2D eigenvalue weighted by molar-refractivity contribution is 0.779. The van der Waals surface area contributed by atoms with Crippen LogP contribution in [0.25, 0.3) is 0 Å². The number of hydrogen-bond acceptors (Lipinski definition) is 2. The third kappa shape index (κ3) is 1.99. The minimum Gasteiger partial charge on any atom is -0.317 e. The van der Waals surface area contributed by atoms with E-state index in [4.69, 9.17) is 0 Å². The first-order valence-corrected chi connectivity index (χ1v) is 4.37. The van der Waals surface area contributed by atoms with Gasteiger partial charge >= 0.3 is 4.87 Å². The lowest BCUT2D eigenvalue weighted by atomic mass is 10.2. The predicted molar refractivity (Wildman–Crippen MR) is 43.6 cm³/mol. The summed E-state index contributed by atoms with van der Waals surface area (Å²) in [7, 11) is 0. The van der Waals surface area contributed by atoms with Crippen LogP contribution in [-0.4, -0.2) is 4.98 Å². The van der Waals surface area contributed by atoms with Crippen molar-refractivity contribution < 1.29 is 0 Å². The largest absolute Gasteiger partial charge is 0.317 e. The monoisotopic (exact) mass is 157 g/mol. The van der Waals surface area contributed by atoms with Crippen LogP contribution in [0.5, 0.6) is 0 Å². The molecule has 0 amide bonds. The first-order valence-electron chi connectivity index (χ1n) is 3.49. The summed E-state index contributed by atoms with van der Waals surface area (Å²) in [4.78, 5) is 13.5. The molecule has 0 spiro atoms. The Morgan fingerprint density at radius 2 is 2.50 bits per heavy atom. The molecule has 0 unspecified atom stereocenters. The number of unbranched alkanes of at least 4 members (excludes halogenated alkanes) is 1. The Hall–Kier alpha value is -0.570. The number of hydrogen-bond donors (Lipinski definition) is 1. The van der Waals surface area contributed by atoms with Gasteiger partial charge in [-0.15, -0.1) is 0 Å². The fourth-order valence-corrected chi connectivity index (χ4v) is 1.42. The van der Waals surface area contributed by atoms with Crippen molar-refractivity contribution in [3.8, 4) is 0 Å². The molecular weight excluding hydrogens is 146 g/mol. The Bertz CT molecular complexity index is 238. The van der Waals surface area contributed by atoms with Crippen molar-refractivity contribution in [1.29, 1.82) is 0 Å². The van der Waals surface area contributed by atoms with E-state index in [1.54, 1.807) is 0 Å². The number of aryl methyl sites for hydroxylation is 1. The number of nitrogens with one attached hydrogen (secondary N) is 1. The lowest BCUT2D eigenvalue weighted by Gasteiger charge is -1.90. The zero-order valence-corrected chi connectivity index (χ0v) is 6.83. The van der Waals surface area contributed by atoms with Gasteiger partial charge in [0.2, 0.25) is 0 Å². The molecule has 1 aromatic heterocycles. The van der Waals surface area contributed by atoms with E-state index >= 15 is 0 Å². The fourth-order valence-electron chi connectivity index (χ4n) is 0.803. The van der Waals surface area contributed by atoms with Gasteiger partial charge in [0.25, 0.3) is 0 Å². The maximum absolute atomic E-state index is 10.6. The fraction of sp³-hybridized carbons (Fsp3) is 0.571. The highest BCUT2D eigenvalue weighted by Gasteiger charge is 1.93. The van der Waals surface area contributed by atoms with E-state index in [1.807, 2.05) is 5.38 Å². The lowest BCUT2D eigenvalue weighted by Crippen LogP contribution is -1.94. The normalized spacial score (nSPS) is 10.1. The number of aromatic nitrogens is 1. The average Bonchev–Trinajstić information content (AvgIpc) is 2.31. The van der Waals surface area contributed by atoms with Crippen LogP contribution < -0.4 is 4.87 Å². The molecule has 3 heteroatoms. The second kappa shape index (κ2) is 3.56. The van der Waals surface area contributed by atoms with Gasteiger partial charge in [0.05, 0.1) is 0 Å². The Morgan fingerprint density at radius 3 is 3.00 bits per heavy atom. The Balaban J connectivity index is 2.50. The summed E-state index contributed by atoms with van der Waals surface area (Å²) in [6.07, 6.45) is 3.35. The summed E-state index contributed by atoms with van der Waals surface area (Å²) >= 11 is 1.24. The first-order chi connectivity index (χ1) is 4.83. The number of thiazole rings is 1. The van der Waals surface area contributed by atoms with Crippen molar-refractivity contribution in [2.45, 2.75) is 26.2 Å². The smallest absolute Gasteiger partial charge is 0.304 e. The summed E-state index contributed by atoms with van der Waals surface area (Å²) in [6.45, 7) is 2.14. The number of rotatable bonds is 3. The summed E-state index contributed by atoms with van der Waals surface area (Å²) in [6, 6.07) is 0. The van der Waals surface area contributed by atoms with Crippen LogP contribution in [-0.2, 0) is 6.42 Å². The van der Waals surface area contributed by atoms with Crippen LogP contribution in [0.15, 0.2) is 10.2 Å². The third-order valence-electron chi connectivity index (χ3n) is 1.37. The molecule has 1 rings (SSSR count). The number of aromatic amines is 1. The molecular formula is C7H11NOS. The highest BCUT2D eigenvalue weighted by atomic mass is 32.1. The van der Waals surface area contributed by atoms with Gasteiger partial charge in [-0.2, -0.15) is 0 Å². The summed E-state index contributed by atoms with van der Waals surface area (Å²) in [5.41, 5.74) is 1.08. The van der Waals surface area contributed by atoms with Crippen molar-refractivity contribution in [1.82, 2.24) is 4.98 Å². The molecule has 56 valence electrons. The Kier molecular flexibility index (Phi) is 2.68. The SMILES string of the molecule is CCCCc1csc(=O)[nH]1. The van der Waals surface area contributed by atoms with Gasteiger partial charge in [-0.05, 0) is 12.8 Å². The van der Waals surface area contributed by atoms with Crippen LogP contribution in [0, 0.1) is 0 Å². The van der Waals surface area contributed by atoms with Gasteiger partial charge in [-0.1, -0.05) is 24.7 Å². The van der Waals surface area contributed by atoms with E-state index in [2.05, 4.69) is 11.9 Å². The topological polar surface area (TPSA) is 32.9 Å². The van der Waals surface area contributed by atoms with Crippen molar-refractivity contribution >= 4 is 11.3 Å². The molecule has 0 aromatic carbocycles. The standard InChI is InChI=1S/C7H11NOS/c1-2-3-4-6-5-10-7(9)8-6/h5H,2-4H2,1H3,(H,8,9). The van der Waals surface area contributed by atoms with E-state index < -0.39 is 0 Å². The molecule has 1 heterocycles. The van der Waals surface area contributed by atoms with Crippen molar-refractivity contribution in [3.05, 3.63) is 20.7 Å². The van der Waals surface area contributed by atoms with Gasteiger partial charge < -0.3 is 4.98 Å². The molecule has 1 aromatic rings. The second-order valence-electron chi connectivity index (χ2n) is 2.28. The van der Waals surface area contributed by atoms with Gasteiger partial charge in [0.15, 0.2) is 0 Å². The van der Waals surface area contributed by atoms with Crippen molar-refractivity contribution in [2.75, 3.05) is 0 Å². The van der Waals surface area contributed by atoms with Gasteiger partial charge in [-0.25, -0.2) is 0 Å². The highest BCUT2D eigenvalue weighted by molar-refractivity contribution is 7.07. The maximum Gasteiger partial charge on any atom is 0.304 e. The van der Waals surface area contributed by atoms with Crippen LogP contribution in [0.1, 0.15) is 25.5 Å². The van der Waals surface area contributed by atoms with Crippen LogP contribution in [0.4, 0.5) is 0 Å². The molecule has 0 aliphatic heterocycles. The van der Waals surface area contributed by atoms with Crippen molar-refractivity contribution in [2.24, 2.45) is 0 Å². The van der Waals surface area contributed by atoms with E-state index in [1.165, 1.54) is 17.8 Å². The molecule has 2 nitrogen and oxygen atoms in total. The maximum atomic E-state index is 10.6. The van der Waals surface area contributed by atoms with Crippen molar-refractivity contribution in [3.63, 3.8) is 0 Å². The molecule has 0 radical (unpaired) electrons. The molecule has 0 fully saturated rings. The molecule has 0 saturated carbocycles. The van der Waals surface area contributed by atoms with Crippen LogP contribution in [0.3, 0.4) is 0 Å². The molecule has 0 atom stereocenters. The van der Waals surface area contributed by atoms with E-state index in [9.17, 15) is 4.79 Å². The molecule has 0 aliphatic carbocycles. The van der Waals surface area contributed by atoms with Gasteiger partial charge in [0.1, 0.15) is 0 Å². The first kappa shape index (κ1) is 7.54. The minimum atomic E-state index is 0.0612. The van der Waals surface area contributed by atoms with E-state index in [-0.39, 0.29) is 4.87 Å². The van der Waals surface area contributed by atoms with E-state index in [0.717, 1.165) is 18.5 Å². The summed E-state index contributed by atoms with van der Waals surface area (Å²) < 4.78 is 0. The zero-order chi connectivity index (χ0) is 7.40. The Labute approximate surface area is 63.9 Å². The quantitative estimate of drug-likeness (QED) is 0.712. The predicted octanol–water partition coefficient (Wildman–Crippen LogP) is 1.78.